The van der Waals surface area contributed by atoms with Crippen molar-refractivity contribution in [2.75, 3.05) is 12.0 Å². The number of aromatic amines is 2. The van der Waals surface area contributed by atoms with Crippen LogP contribution in [-0.4, -0.2) is 43.1 Å². The third-order valence-electron chi connectivity index (χ3n) is 4.45. The van der Waals surface area contributed by atoms with Crippen LogP contribution in [-0.2, 0) is 0 Å². The Morgan fingerprint density at radius 1 is 1.21 bits per heavy atom. The van der Waals surface area contributed by atoms with Crippen molar-refractivity contribution in [3.05, 3.63) is 66.4 Å². The first kappa shape index (κ1) is 18.2. The smallest absolute Gasteiger partial charge is 0.269 e. The Balaban J connectivity index is 1.55. The largest absolute Gasteiger partial charge is 0.341 e. The highest BCUT2D eigenvalue weighted by atomic mass is 32.2. The monoisotopic (exact) mass is 392 g/mol. The van der Waals surface area contributed by atoms with Gasteiger partial charge in [-0.1, -0.05) is 12.1 Å². The second-order valence-electron chi connectivity index (χ2n) is 6.35. The molecule has 0 spiro atoms. The lowest BCUT2D eigenvalue weighted by Gasteiger charge is -2.15. The summed E-state index contributed by atoms with van der Waals surface area (Å²) in [6.45, 7) is 0. The standard InChI is InChI=1S/C20H20N6OS/c1-28-11-8-16(19-22-14-4-2-3-5-15(14)23-19)24-20(27)18-12-17(25-26-18)13-6-9-21-10-7-13/h2-7,9-10,12,16H,8,11H2,1H3,(H,22,23)(H,24,27)(H,25,26). The van der Waals surface area contributed by atoms with Crippen molar-refractivity contribution in [1.82, 2.24) is 30.5 Å². The van der Waals surface area contributed by atoms with E-state index in [4.69, 9.17) is 0 Å². The van der Waals surface area contributed by atoms with Crippen molar-refractivity contribution in [3.8, 4) is 11.3 Å². The summed E-state index contributed by atoms with van der Waals surface area (Å²) in [5.41, 5.74) is 3.88. The third kappa shape index (κ3) is 3.91. The Kier molecular flexibility index (Phi) is 5.38. The number of hydrogen-bond donors (Lipinski definition) is 3. The van der Waals surface area contributed by atoms with E-state index in [0.717, 1.165) is 34.6 Å². The number of nitrogens with one attached hydrogen (secondary N) is 3. The fourth-order valence-corrected chi connectivity index (χ4v) is 3.47. The molecule has 0 saturated heterocycles. The molecule has 4 aromatic rings. The van der Waals surface area contributed by atoms with Crippen LogP contribution in [0.3, 0.4) is 0 Å². The van der Waals surface area contributed by atoms with Crippen molar-refractivity contribution in [3.63, 3.8) is 0 Å². The Bertz CT molecular complexity index is 1040. The van der Waals surface area contributed by atoms with Gasteiger partial charge in [-0.25, -0.2) is 4.98 Å². The van der Waals surface area contributed by atoms with Crippen LogP contribution in [0.1, 0.15) is 28.8 Å². The molecule has 3 N–H and O–H groups in total. The van der Waals surface area contributed by atoms with Crippen LogP contribution >= 0.6 is 11.8 Å². The summed E-state index contributed by atoms with van der Waals surface area (Å²) in [4.78, 5) is 24.8. The number of H-pyrrole nitrogens is 2. The van der Waals surface area contributed by atoms with Gasteiger partial charge in [-0.15, -0.1) is 0 Å². The molecule has 1 aromatic carbocycles. The Hall–Kier alpha value is -3.13. The highest BCUT2D eigenvalue weighted by molar-refractivity contribution is 7.98. The minimum atomic E-state index is -0.209. The number of nitrogens with zero attached hydrogens (tertiary/aromatic N) is 3. The lowest BCUT2D eigenvalue weighted by molar-refractivity contribution is 0.0929. The predicted molar refractivity (Wildman–Crippen MR) is 111 cm³/mol. The number of rotatable bonds is 7. The maximum atomic E-state index is 12.8. The highest BCUT2D eigenvalue weighted by Crippen LogP contribution is 2.21. The van der Waals surface area contributed by atoms with Crippen molar-refractivity contribution in [2.24, 2.45) is 0 Å². The molecule has 7 nitrogen and oxygen atoms in total. The molecule has 1 unspecified atom stereocenters. The zero-order valence-electron chi connectivity index (χ0n) is 15.3. The minimum absolute atomic E-state index is 0.208. The van der Waals surface area contributed by atoms with E-state index < -0.39 is 0 Å². The third-order valence-corrected chi connectivity index (χ3v) is 5.10. The van der Waals surface area contributed by atoms with Crippen LogP contribution in [0, 0.1) is 0 Å². The molecule has 1 atom stereocenters. The van der Waals surface area contributed by atoms with Gasteiger partial charge in [-0.05, 0) is 48.8 Å². The number of imidazole rings is 1. The van der Waals surface area contributed by atoms with E-state index in [0.29, 0.717) is 11.4 Å². The summed E-state index contributed by atoms with van der Waals surface area (Å²) in [5.74, 6) is 1.46. The van der Waals surface area contributed by atoms with Crippen LogP contribution < -0.4 is 5.32 Å². The topological polar surface area (TPSA) is 99.3 Å². The van der Waals surface area contributed by atoms with Crippen molar-refractivity contribution >= 4 is 28.7 Å². The van der Waals surface area contributed by atoms with E-state index in [2.05, 4.69) is 30.5 Å². The Labute approximate surface area is 166 Å². The summed E-state index contributed by atoms with van der Waals surface area (Å²) in [7, 11) is 0. The molecule has 0 saturated carbocycles. The number of thioether (sulfide) groups is 1. The average molecular weight is 392 g/mol. The van der Waals surface area contributed by atoms with Crippen molar-refractivity contribution in [1.29, 1.82) is 0 Å². The molecular weight excluding hydrogens is 372 g/mol. The molecule has 0 fully saturated rings. The lowest BCUT2D eigenvalue weighted by Crippen LogP contribution is -2.30. The number of pyridine rings is 1. The SMILES string of the molecule is CSCCC(NC(=O)c1cc(-c2ccncc2)n[nH]1)c1nc2ccccc2[nH]1. The number of hydrogen-bond acceptors (Lipinski definition) is 5. The number of amides is 1. The van der Waals surface area contributed by atoms with Gasteiger partial charge < -0.3 is 10.3 Å². The highest BCUT2D eigenvalue weighted by Gasteiger charge is 2.20. The van der Waals surface area contributed by atoms with Gasteiger partial charge in [0.15, 0.2) is 0 Å². The van der Waals surface area contributed by atoms with Gasteiger partial charge in [0.1, 0.15) is 11.5 Å². The zero-order valence-corrected chi connectivity index (χ0v) is 16.2. The van der Waals surface area contributed by atoms with E-state index in [1.54, 1.807) is 30.2 Å². The number of benzene rings is 1. The maximum absolute atomic E-state index is 12.8. The lowest BCUT2D eigenvalue weighted by atomic mass is 10.2. The molecule has 28 heavy (non-hydrogen) atoms. The van der Waals surface area contributed by atoms with Crippen LogP contribution in [0.4, 0.5) is 0 Å². The molecule has 0 bridgehead atoms. The number of fused-ring (bicyclic) bond motifs is 1. The molecule has 3 heterocycles. The molecule has 0 radical (unpaired) electrons. The molecule has 3 aromatic heterocycles. The maximum Gasteiger partial charge on any atom is 0.269 e. The second-order valence-corrected chi connectivity index (χ2v) is 7.34. The van der Waals surface area contributed by atoms with E-state index in [1.165, 1.54) is 0 Å². The van der Waals surface area contributed by atoms with Gasteiger partial charge in [-0.3, -0.25) is 14.9 Å². The summed E-state index contributed by atoms with van der Waals surface area (Å²) in [6.07, 6.45) is 6.22. The molecular formula is C20H20N6OS. The molecule has 1 amide bonds. The van der Waals surface area contributed by atoms with Gasteiger partial charge in [0.05, 0.1) is 22.8 Å². The molecule has 0 aliphatic heterocycles. The second kappa shape index (κ2) is 8.26. The fourth-order valence-electron chi connectivity index (χ4n) is 3.00. The van der Waals surface area contributed by atoms with Gasteiger partial charge in [0.25, 0.3) is 5.91 Å². The van der Waals surface area contributed by atoms with Crippen LogP contribution in [0.2, 0.25) is 0 Å². The van der Waals surface area contributed by atoms with Crippen LogP contribution in [0.15, 0.2) is 54.9 Å². The summed E-state index contributed by atoms with van der Waals surface area (Å²) >= 11 is 1.74. The van der Waals surface area contributed by atoms with E-state index in [-0.39, 0.29) is 11.9 Å². The molecule has 0 aliphatic carbocycles. The molecule has 8 heteroatoms. The predicted octanol–water partition coefficient (Wildman–Crippen LogP) is 3.57. The minimum Gasteiger partial charge on any atom is -0.341 e. The number of carbonyl (C=O) groups is 1. The van der Waals surface area contributed by atoms with E-state index in [9.17, 15) is 4.79 Å². The zero-order chi connectivity index (χ0) is 19.3. The number of carbonyl (C=O) groups excluding carboxylic acids is 1. The first-order valence-corrected chi connectivity index (χ1v) is 10.3. The van der Waals surface area contributed by atoms with Gasteiger partial charge in [0, 0.05) is 18.0 Å². The van der Waals surface area contributed by atoms with Gasteiger partial charge in [0.2, 0.25) is 0 Å². The molecule has 4 rings (SSSR count). The summed E-state index contributed by atoms with van der Waals surface area (Å²) in [6, 6.07) is 13.1. The molecule has 142 valence electrons. The van der Waals surface area contributed by atoms with E-state index >= 15 is 0 Å². The first-order chi connectivity index (χ1) is 13.7. The quantitative estimate of drug-likeness (QED) is 0.446. The van der Waals surface area contributed by atoms with Gasteiger partial charge in [-0.2, -0.15) is 16.9 Å². The fraction of sp³-hybridized carbons (Fsp3) is 0.200. The Morgan fingerprint density at radius 2 is 2.04 bits per heavy atom. The number of aromatic nitrogens is 5. The van der Waals surface area contributed by atoms with Crippen molar-refractivity contribution in [2.45, 2.75) is 12.5 Å². The average Bonchev–Trinajstić information content (AvgIpc) is 3.39. The normalized spacial score (nSPS) is 12.2. The summed E-state index contributed by atoms with van der Waals surface area (Å²) < 4.78 is 0. The molecule has 0 aliphatic rings. The Morgan fingerprint density at radius 3 is 2.82 bits per heavy atom. The van der Waals surface area contributed by atoms with Crippen LogP contribution in [0.25, 0.3) is 22.3 Å². The number of para-hydroxylation sites is 2. The first-order valence-electron chi connectivity index (χ1n) is 8.95. The summed E-state index contributed by atoms with van der Waals surface area (Å²) in [5, 5.41) is 10.1. The van der Waals surface area contributed by atoms with E-state index in [1.807, 2.05) is 42.7 Å². The van der Waals surface area contributed by atoms with Gasteiger partial charge >= 0.3 is 0 Å². The van der Waals surface area contributed by atoms with Crippen LogP contribution in [0.5, 0.6) is 0 Å². The van der Waals surface area contributed by atoms with Crippen molar-refractivity contribution < 1.29 is 4.79 Å².